The first kappa shape index (κ1) is 15.7. The van der Waals surface area contributed by atoms with Crippen molar-refractivity contribution in [1.29, 1.82) is 5.26 Å². The van der Waals surface area contributed by atoms with E-state index >= 15 is 0 Å². The molecule has 0 spiro atoms. The number of benzene rings is 2. The summed E-state index contributed by atoms with van der Waals surface area (Å²) in [5.41, 5.74) is 3.79. The van der Waals surface area contributed by atoms with Crippen molar-refractivity contribution in [2.24, 2.45) is 0 Å². The van der Waals surface area contributed by atoms with E-state index in [0.29, 0.717) is 12.1 Å². The Labute approximate surface area is 149 Å². The zero-order valence-electron chi connectivity index (χ0n) is 13.7. The number of nitrogens with one attached hydrogen (secondary N) is 2. The van der Waals surface area contributed by atoms with Gasteiger partial charge in [-0.2, -0.15) is 5.26 Å². The molecular weight excluding hydrogens is 328 g/mol. The zero-order valence-corrected chi connectivity index (χ0v) is 13.7. The molecule has 0 unspecified atom stereocenters. The molecule has 126 valence electrons. The first-order chi connectivity index (χ1) is 12.6. The van der Waals surface area contributed by atoms with Gasteiger partial charge >= 0.3 is 6.03 Å². The maximum Gasteiger partial charge on any atom is 0.326 e. The number of urea groups is 1. The van der Waals surface area contributed by atoms with Crippen LogP contribution in [0, 0.1) is 11.3 Å². The van der Waals surface area contributed by atoms with Crippen LogP contribution in [0.1, 0.15) is 16.7 Å². The summed E-state index contributed by atoms with van der Waals surface area (Å²) in [4.78, 5) is 23.1. The maximum atomic E-state index is 11.8. The third-order valence-electron chi connectivity index (χ3n) is 4.28. The van der Waals surface area contributed by atoms with E-state index in [-0.39, 0.29) is 5.70 Å². The molecule has 1 fully saturated rings. The fourth-order valence-electron chi connectivity index (χ4n) is 3.04. The number of fused-ring (bicyclic) bond motifs is 1. The van der Waals surface area contributed by atoms with Crippen LogP contribution in [0.2, 0.25) is 0 Å². The molecule has 3 aromatic rings. The number of rotatable bonds is 3. The number of aromatic nitrogens is 1. The second kappa shape index (κ2) is 6.22. The van der Waals surface area contributed by atoms with Gasteiger partial charge in [-0.05, 0) is 29.8 Å². The summed E-state index contributed by atoms with van der Waals surface area (Å²) in [5.74, 6) is -0.432. The first-order valence-electron chi connectivity index (χ1n) is 8.05. The minimum atomic E-state index is -0.512. The van der Waals surface area contributed by atoms with Crippen LogP contribution >= 0.6 is 0 Å². The van der Waals surface area contributed by atoms with E-state index in [1.807, 2.05) is 42.6 Å². The predicted molar refractivity (Wildman–Crippen MR) is 96.8 cm³/mol. The highest BCUT2D eigenvalue weighted by molar-refractivity contribution is 6.14. The third kappa shape index (κ3) is 2.82. The normalized spacial score (nSPS) is 15.1. The van der Waals surface area contributed by atoms with Gasteiger partial charge in [-0.15, -0.1) is 0 Å². The van der Waals surface area contributed by atoms with Crippen LogP contribution in [-0.2, 0) is 11.3 Å². The topological polar surface area (TPSA) is 86.9 Å². The molecule has 1 aromatic heterocycles. The average molecular weight is 342 g/mol. The molecule has 2 N–H and O–H groups in total. The van der Waals surface area contributed by atoms with Crippen LogP contribution in [-0.4, -0.2) is 16.5 Å². The number of hydrogen-bond donors (Lipinski definition) is 2. The third-order valence-corrected chi connectivity index (χ3v) is 4.28. The Morgan fingerprint density at radius 2 is 1.81 bits per heavy atom. The molecule has 3 amide bonds. The molecule has 26 heavy (non-hydrogen) atoms. The molecule has 0 atom stereocenters. The van der Waals surface area contributed by atoms with Crippen LogP contribution in [0.15, 0.2) is 60.4 Å². The fourth-order valence-corrected chi connectivity index (χ4v) is 3.04. The van der Waals surface area contributed by atoms with Crippen molar-refractivity contribution in [3.05, 3.63) is 77.1 Å². The number of carbonyl (C=O) groups excluding carboxylic acids is 2. The Morgan fingerprint density at radius 1 is 1.04 bits per heavy atom. The SMILES string of the molecule is N#Cc1ccc(Cn2cc(/C=C3\NC(=O)NC3=O)c3ccccc32)cc1. The molecule has 6 heteroatoms. The Bertz CT molecular complexity index is 1100. The van der Waals surface area contributed by atoms with Crippen LogP contribution in [0.25, 0.3) is 17.0 Å². The number of nitrogens with zero attached hydrogens (tertiary/aromatic N) is 2. The molecule has 1 aliphatic heterocycles. The Hall–Kier alpha value is -3.85. The van der Waals surface area contributed by atoms with E-state index in [1.165, 1.54) is 0 Å². The van der Waals surface area contributed by atoms with Crippen molar-refractivity contribution in [3.63, 3.8) is 0 Å². The van der Waals surface area contributed by atoms with Crippen LogP contribution < -0.4 is 10.6 Å². The van der Waals surface area contributed by atoms with Crippen LogP contribution in [0.4, 0.5) is 4.79 Å². The minimum absolute atomic E-state index is 0.233. The standard InChI is InChI=1S/C20H14N4O2/c21-10-13-5-7-14(8-6-13)11-24-12-15(16-3-1-2-4-18(16)24)9-17-19(25)23-20(26)22-17/h1-9,12H,11H2,(H2,22,23,25,26)/b17-9-. The molecule has 0 aliphatic carbocycles. The van der Waals surface area contributed by atoms with E-state index in [9.17, 15) is 9.59 Å². The molecule has 2 heterocycles. The van der Waals surface area contributed by atoms with E-state index < -0.39 is 11.9 Å². The van der Waals surface area contributed by atoms with Crippen LogP contribution in [0.3, 0.4) is 0 Å². The lowest BCUT2D eigenvalue weighted by atomic mass is 10.1. The maximum absolute atomic E-state index is 11.8. The van der Waals surface area contributed by atoms with Gasteiger partial charge < -0.3 is 9.88 Å². The van der Waals surface area contributed by atoms with E-state index in [4.69, 9.17) is 5.26 Å². The van der Waals surface area contributed by atoms with Crippen molar-refractivity contribution in [2.75, 3.05) is 0 Å². The summed E-state index contributed by atoms with van der Waals surface area (Å²) < 4.78 is 2.08. The molecule has 0 radical (unpaired) electrons. The fraction of sp³-hybridized carbons (Fsp3) is 0.0500. The van der Waals surface area contributed by atoms with Gasteiger partial charge in [0.1, 0.15) is 5.70 Å². The average Bonchev–Trinajstić information content (AvgIpc) is 3.16. The van der Waals surface area contributed by atoms with Crippen molar-refractivity contribution >= 4 is 28.9 Å². The quantitative estimate of drug-likeness (QED) is 0.567. The van der Waals surface area contributed by atoms with Crippen molar-refractivity contribution in [3.8, 4) is 6.07 Å². The Morgan fingerprint density at radius 3 is 2.50 bits per heavy atom. The van der Waals surface area contributed by atoms with Crippen LogP contribution in [0.5, 0.6) is 0 Å². The lowest BCUT2D eigenvalue weighted by Gasteiger charge is -2.05. The molecule has 0 saturated carbocycles. The van der Waals surface area contributed by atoms with Gasteiger partial charge in [0.25, 0.3) is 5.91 Å². The predicted octanol–water partition coefficient (Wildman–Crippen LogP) is 2.74. The van der Waals surface area contributed by atoms with Crippen molar-refractivity contribution < 1.29 is 9.59 Å². The summed E-state index contributed by atoms with van der Waals surface area (Å²) in [6.07, 6.45) is 3.63. The van der Waals surface area contributed by atoms with Gasteiger partial charge in [0.05, 0.1) is 11.6 Å². The highest BCUT2D eigenvalue weighted by Crippen LogP contribution is 2.24. The van der Waals surface area contributed by atoms with Gasteiger partial charge in [-0.3, -0.25) is 10.1 Å². The highest BCUT2D eigenvalue weighted by atomic mass is 16.2. The van der Waals surface area contributed by atoms with Gasteiger partial charge in [-0.25, -0.2) is 4.79 Å². The highest BCUT2D eigenvalue weighted by Gasteiger charge is 2.23. The summed E-state index contributed by atoms with van der Waals surface area (Å²) in [5, 5.41) is 14.6. The van der Waals surface area contributed by atoms with Gasteiger partial charge in [0.2, 0.25) is 0 Å². The summed E-state index contributed by atoms with van der Waals surface area (Å²) in [6, 6.07) is 16.9. The number of nitriles is 1. The Balaban J connectivity index is 1.74. The lowest BCUT2D eigenvalue weighted by molar-refractivity contribution is -0.115. The molecule has 2 aromatic carbocycles. The summed E-state index contributed by atoms with van der Waals surface area (Å²) in [6.45, 7) is 0.633. The summed E-state index contributed by atoms with van der Waals surface area (Å²) in [7, 11) is 0. The first-order valence-corrected chi connectivity index (χ1v) is 8.05. The molecule has 0 bridgehead atoms. The van der Waals surface area contributed by atoms with Crippen molar-refractivity contribution in [2.45, 2.75) is 6.54 Å². The van der Waals surface area contributed by atoms with E-state index in [0.717, 1.165) is 22.0 Å². The van der Waals surface area contributed by atoms with Gasteiger partial charge in [0, 0.05) is 29.2 Å². The molecule has 1 aliphatic rings. The zero-order chi connectivity index (χ0) is 18.1. The minimum Gasteiger partial charge on any atom is -0.342 e. The Kier molecular flexibility index (Phi) is 3.75. The summed E-state index contributed by atoms with van der Waals surface area (Å²) >= 11 is 0. The van der Waals surface area contributed by atoms with E-state index in [1.54, 1.807) is 18.2 Å². The van der Waals surface area contributed by atoms with Gasteiger partial charge in [0.15, 0.2) is 0 Å². The molecular formula is C20H14N4O2. The number of amides is 3. The van der Waals surface area contributed by atoms with Gasteiger partial charge in [-0.1, -0.05) is 30.3 Å². The lowest BCUT2D eigenvalue weighted by Crippen LogP contribution is -2.22. The number of carbonyl (C=O) groups is 2. The number of hydrogen-bond acceptors (Lipinski definition) is 3. The molecule has 6 nitrogen and oxygen atoms in total. The largest absolute Gasteiger partial charge is 0.342 e. The smallest absolute Gasteiger partial charge is 0.326 e. The second-order valence-corrected chi connectivity index (χ2v) is 6.00. The monoisotopic (exact) mass is 342 g/mol. The molecule has 4 rings (SSSR count). The number of imide groups is 1. The molecule has 1 saturated heterocycles. The second-order valence-electron chi connectivity index (χ2n) is 6.00. The van der Waals surface area contributed by atoms with Crippen molar-refractivity contribution in [1.82, 2.24) is 15.2 Å². The van der Waals surface area contributed by atoms with E-state index in [2.05, 4.69) is 21.3 Å². The number of para-hydroxylation sites is 1.